The highest BCUT2D eigenvalue weighted by molar-refractivity contribution is 8.68. The van der Waals surface area contributed by atoms with Crippen molar-refractivity contribution in [2.45, 2.75) is 18.1 Å². The van der Waals surface area contributed by atoms with E-state index < -0.39 is 0 Å². The zero-order valence-corrected chi connectivity index (χ0v) is 6.38. The third kappa shape index (κ3) is 1.88. The number of hydrogen-bond acceptors (Lipinski definition) is 3. The maximum absolute atomic E-state index is 5.15. The van der Waals surface area contributed by atoms with Gasteiger partial charge in [0.05, 0.1) is 0 Å². The maximum atomic E-state index is 5.15. The minimum atomic E-state index is 0.743. The van der Waals surface area contributed by atoms with Gasteiger partial charge in [0.1, 0.15) is 0 Å². The van der Waals surface area contributed by atoms with Gasteiger partial charge in [0.25, 0.3) is 0 Å². The van der Waals surface area contributed by atoms with Gasteiger partial charge < -0.3 is 4.74 Å². The van der Waals surface area contributed by atoms with E-state index in [2.05, 4.69) is 11.7 Å². The van der Waals surface area contributed by atoms with Crippen molar-refractivity contribution in [2.75, 3.05) is 13.2 Å². The molecule has 0 atom stereocenters. The average molecular weight is 150 g/mol. The molecule has 0 aliphatic carbocycles. The lowest BCUT2D eigenvalue weighted by Crippen LogP contribution is -2.16. The highest BCUT2D eigenvalue weighted by Crippen LogP contribution is 2.23. The van der Waals surface area contributed by atoms with Crippen LogP contribution in [0.2, 0.25) is 0 Å². The molecule has 0 N–H and O–H groups in total. The van der Waals surface area contributed by atoms with Crippen LogP contribution in [-0.2, 0) is 4.74 Å². The van der Waals surface area contributed by atoms with E-state index in [0.29, 0.717) is 0 Å². The molecule has 0 unspecified atom stereocenters. The molecule has 0 spiro atoms. The summed E-state index contributed by atoms with van der Waals surface area (Å²) in [4.78, 5) is 0. The first-order valence-corrected chi connectivity index (χ1v) is 4.74. The summed E-state index contributed by atoms with van der Waals surface area (Å²) in [5, 5.41) is 0.743. The van der Waals surface area contributed by atoms with Gasteiger partial charge in [0.15, 0.2) is 0 Å². The molecule has 1 fully saturated rings. The van der Waals surface area contributed by atoms with Crippen LogP contribution in [0.1, 0.15) is 12.8 Å². The zero-order chi connectivity index (χ0) is 5.82. The molecule has 1 rings (SSSR count). The van der Waals surface area contributed by atoms with Gasteiger partial charge in [-0.15, -0.1) is 11.7 Å². The summed E-state index contributed by atoms with van der Waals surface area (Å²) in [5.74, 6) is 0. The van der Waals surface area contributed by atoms with E-state index in [4.69, 9.17) is 4.74 Å². The largest absolute Gasteiger partial charge is 0.381 e. The Morgan fingerprint density at radius 2 is 2.00 bits per heavy atom. The lowest BCUT2D eigenvalue weighted by molar-refractivity contribution is 0.100. The molecule has 1 aliphatic rings. The quantitative estimate of drug-likeness (QED) is 0.450. The molecule has 8 heavy (non-hydrogen) atoms. The molecule has 1 aliphatic heterocycles. The van der Waals surface area contributed by atoms with E-state index in [-0.39, 0.29) is 0 Å². The summed E-state index contributed by atoms with van der Waals surface area (Å²) in [6, 6.07) is 0. The number of ether oxygens (including phenoxy) is 1. The van der Waals surface area contributed by atoms with E-state index in [1.54, 1.807) is 10.8 Å². The minimum Gasteiger partial charge on any atom is -0.381 e. The molecule has 3 heteroatoms. The van der Waals surface area contributed by atoms with Crippen molar-refractivity contribution in [3.05, 3.63) is 0 Å². The Morgan fingerprint density at radius 3 is 2.38 bits per heavy atom. The molecule has 48 valence electrons. The monoisotopic (exact) mass is 150 g/mol. The van der Waals surface area contributed by atoms with Crippen LogP contribution in [0.3, 0.4) is 0 Å². The topological polar surface area (TPSA) is 9.23 Å². The lowest BCUT2D eigenvalue weighted by Gasteiger charge is -2.18. The fourth-order valence-electron chi connectivity index (χ4n) is 0.781. The van der Waals surface area contributed by atoms with Crippen LogP contribution < -0.4 is 0 Å². The van der Waals surface area contributed by atoms with E-state index in [1.165, 1.54) is 12.8 Å². The van der Waals surface area contributed by atoms with Crippen molar-refractivity contribution in [3.63, 3.8) is 0 Å². The molecule has 0 aromatic heterocycles. The number of rotatable bonds is 1. The first-order chi connectivity index (χ1) is 3.93. The van der Waals surface area contributed by atoms with Crippen LogP contribution in [0.4, 0.5) is 0 Å². The van der Waals surface area contributed by atoms with Crippen molar-refractivity contribution in [1.82, 2.24) is 0 Å². The van der Waals surface area contributed by atoms with Crippen molar-refractivity contribution < 1.29 is 4.74 Å². The second-order valence-electron chi connectivity index (χ2n) is 1.92. The molecule has 1 heterocycles. The Kier molecular flexibility index (Phi) is 3.08. The van der Waals surface area contributed by atoms with Crippen molar-refractivity contribution in [2.24, 2.45) is 0 Å². The fourth-order valence-corrected chi connectivity index (χ4v) is 1.82. The summed E-state index contributed by atoms with van der Waals surface area (Å²) in [5.41, 5.74) is 0. The molecular formula is C5H10OS2. The number of thiol groups is 1. The summed E-state index contributed by atoms with van der Waals surface area (Å²) in [6.07, 6.45) is 2.35. The Hall–Kier alpha value is 0.660. The predicted octanol–water partition coefficient (Wildman–Crippen LogP) is 1.74. The fraction of sp³-hybridized carbons (Fsp3) is 1.00. The van der Waals surface area contributed by atoms with Crippen LogP contribution in [-0.4, -0.2) is 18.5 Å². The maximum Gasteiger partial charge on any atom is 0.0476 e. The molecule has 0 aromatic carbocycles. The van der Waals surface area contributed by atoms with Crippen LogP contribution >= 0.6 is 22.5 Å². The Labute approximate surface area is 59.0 Å². The smallest absolute Gasteiger partial charge is 0.0476 e. The molecule has 0 saturated carbocycles. The van der Waals surface area contributed by atoms with E-state index in [1.807, 2.05) is 0 Å². The lowest BCUT2D eigenvalue weighted by atomic mass is 10.2. The Bertz CT molecular complexity index is 61.4. The van der Waals surface area contributed by atoms with Gasteiger partial charge in [-0.1, -0.05) is 10.8 Å². The molecular weight excluding hydrogens is 140 g/mol. The third-order valence-electron chi connectivity index (χ3n) is 1.32. The third-order valence-corrected chi connectivity index (χ3v) is 2.98. The molecule has 0 radical (unpaired) electrons. The second-order valence-corrected chi connectivity index (χ2v) is 3.43. The standard InChI is InChI=1S/C5H10OS2/c7-8-5-1-3-6-4-2-5/h5,7H,1-4H2. The van der Waals surface area contributed by atoms with E-state index in [0.717, 1.165) is 18.5 Å². The van der Waals surface area contributed by atoms with Crippen LogP contribution in [0.5, 0.6) is 0 Å². The van der Waals surface area contributed by atoms with Crippen LogP contribution in [0.15, 0.2) is 0 Å². The first-order valence-electron chi connectivity index (χ1n) is 2.81. The highest BCUT2D eigenvalue weighted by Gasteiger charge is 2.11. The SMILES string of the molecule is SSC1CCOCC1. The minimum absolute atomic E-state index is 0.743. The van der Waals surface area contributed by atoms with Crippen molar-refractivity contribution in [1.29, 1.82) is 0 Å². The number of hydrogen-bond donors (Lipinski definition) is 1. The Balaban J connectivity index is 2.13. The molecule has 1 saturated heterocycles. The van der Waals surface area contributed by atoms with Crippen molar-refractivity contribution in [3.8, 4) is 0 Å². The zero-order valence-electron chi connectivity index (χ0n) is 4.67. The van der Waals surface area contributed by atoms with Crippen LogP contribution in [0.25, 0.3) is 0 Å². The summed E-state index contributed by atoms with van der Waals surface area (Å²) < 4.78 is 5.15. The summed E-state index contributed by atoms with van der Waals surface area (Å²) >= 11 is 4.12. The predicted molar refractivity (Wildman–Crippen MR) is 40.4 cm³/mol. The van der Waals surface area contributed by atoms with Gasteiger partial charge in [0.2, 0.25) is 0 Å². The first kappa shape index (κ1) is 6.78. The van der Waals surface area contributed by atoms with Crippen LogP contribution in [0, 0.1) is 0 Å². The summed E-state index contributed by atoms with van der Waals surface area (Å²) in [7, 11) is 1.66. The van der Waals surface area contributed by atoms with Crippen molar-refractivity contribution >= 4 is 22.5 Å². The molecule has 0 aromatic rings. The van der Waals surface area contributed by atoms with E-state index in [9.17, 15) is 0 Å². The van der Waals surface area contributed by atoms with Gasteiger partial charge in [-0.05, 0) is 12.8 Å². The molecule has 0 bridgehead atoms. The highest BCUT2D eigenvalue weighted by atomic mass is 33.1. The summed E-state index contributed by atoms with van der Waals surface area (Å²) in [6.45, 7) is 1.86. The van der Waals surface area contributed by atoms with E-state index >= 15 is 0 Å². The van der Waals surface area contributed by atoms with Gasteiger partial charge in [-0.3, -0.25) is 0 Å². The van der Waals surface area contributed by atoms with Gasteiger partial charge >= 0.3 is 0 Å². The van der Waals surface area contributed by atoms with Gasteiger partial charge in [0, 0.05) is 18.5 Å². The second kappa shape index (κ2) is 3.64. The molecule has 0 amide bonds. The van der Waals surface area contributed by atoms with Gasteiger partial charge in [-0.2, -0.15) is 0 Å². The van der Waals surface area contributed by atoms with Gasteiger partial charge in [-0.25, -0.2) is 0 Å². The average Bonchev–Trinajstić information content (AvgIpc) is 1.90. The molecule has 1 nitrogen and oxygen atoms in total. The Morgan fingerprint density at radius 1 is 1.38 bits per heavy atom. The normalized spacial score (nSPS) is 23.6.